The average Bonchev–Trinajstić information content (AvgIpc) is 2.76. The summed E-state index contributed by atoms with van der Waals surface area (Å²) in [5.41, 5.74) is 0. The summed E-state index contributed by atoms with van der Waals surface area (Å²) in [7, 11) is 0. The van der Waals surface area contributed by atoms with Crippen LogP contribution in [0.25, 0.3) is 0 Å². The van der Waals surface area contributed by atoms with Crippen molar-refractivity contribution in [3.63, 3.8) is 0 Å². The monoisotopic (exact) mass is 271 g/mol. The smallest absolute Gasteiger partial charge is 0.232 e. The summed E-state index contributed by atoms with van der Waals surface area (Å²) in [6.45, 7) is 4.20. The van der Waals surface area contributed by atoms with E-state index in [1.807, 2.05) is 23.5 Å². The summed E-state index contributed by atoms with van der Waals surface area (Å²) < 4.78 is 5.39. The molecule has 1 aromatic rings. The molecule has 0 aliphatic carbocycles. The molecule has 4 nitrogen and oxygen atoms in total. The van der Waals surface area contributed by atoms with Gasteiger partial charge in [-0.3, -0.25) is 0 Å². The van der Waals surface area contributed by atoms with Gasteiger partial charge in [0.2, 0.25) is 5.89 Å². The fraction of sp³-hybridized carbons (Fsp3) is 0.818. The molecule has 0 bridgehead atoms. The van der Waals surface area contributed by atoms with Crippen LogP contribution in [0.3, 0.4) is 0 Å². The molecule has 0 spiro atoms. The normalized spacial score (nSPS) is 30.2. The first kappa shape index (κ1) is 11.9. The highest BCUT2D eigenvalue weighted by Gasteiger charge is 2.32. The van der Waals surface area contributed by atoms with E-state index in [9.17, 15) is 0 Å². The topological polar surface area (TPSA) is 51.0 Å². The molecule has 2 fully saturated rings. The average molecular weight is 271 g/mol. The Hall–Kier alpha value is -0.200. The highest BCUT2D eigenvalue weighted by atomic mass is 32.2. The fourth-order valence-corrected chi connectivity index (χ4v) is 5.12. The number of thioether (sulfide) groups is 2. The van der Waals surface area contributed by atoms with E-state index in [1.54, 1.807) is 0 Å². The zero-order valence-corrected chi connectivity index (χ0v) is 11.5. The quantitative estimate of drug-likeness (QED) is 0.908. The predicted octanol–water partition coefficient (Wildman–Crippen LogP) is 2.06. The van der Waals surface area contributed by atoms with Gasteiger partial charge in [-0.1, -0.05) is 12.1 Å². The van der Waals surface area contributed by atoms with Crippen molar-refractivity contribution in [2.24, 2.45) is 0 Å². The standard InChI is InChI=1S/C11H17N3OS2/c1-2-8-9(17-4-3-16-8)10-13-11(15-14-10)7-5-12-6-7/h7-9,12H,2-6H2,1H3. The summed E-state index contributed by atoms with van der Waals surface area (Å²) in [5, 5.41) is 8.48. The van der Waals surface area contributed by atoms with E-state index in [4.69, 9.17) is 4.52 Å². The van der Waals surface area contributed by atoms with Gasteiger partial charge in [-0.25, -0.2) is 0 Å². The van der Waals surface area contributed by atoms with Crippen LogP contribution in [0.1, 0.15) is 36.2 Å². The van der Waals surface area contributed by atoms with E-state index in [0.717, 1.165) is 24.8 Å². The number of nitrogens with one attached hydrogen (secondary N) is 1. The molecule has 2 aliphatic rings. The maximum Gasteiger partial charge on any atom is 0.232 e. The number of rotatable bonds is 3. The van der Waals surface area contributed by atoms with Gasteiger partial charge in [-0.05, 0) is 6.42 Å². The van der Waals surface area contributed by atoms with E-state index < -0.39 is 0 Å². The molecule has 0 radical (unpaired) electrons. The zero-order chi connectivity index (χ0) is 11.7. The molecule has 2 unspecified atom stereocenters. The van der Waals surface area contributed by atoms with Gasteiger partial charge >= 0.3 is 0 Å². The fourth-order valence-electron chi connectivity index (χ4n) is 2.13. The third-order valence-corrected chi connectivity index (χ3v) is 6.54. The highest BCUT2D eigenvalue weighted by Crippen LogP contribution is 2.43. The van der Waals surface area contributed by atoms with Gasteiger partial charge in [-0.15, -0.1) is 11.8 Å². The Morgan fingerprint density at radius 3 is 2.88 bits per heavy atom. The molecule has 2 aliphatic heterocycles. The third-order valence-electron chi connectivity index (χ3n) is 3.30. The van der Waals surface area contributed by atoms with Crippen molar-refractivity contribution < 1.29 is 4.52 Å². The van der Waals surface area contributed by atoms with E-state index >= 15 is 0 Å². The number of aromatic nitrogens is 2. The van der Waals surface area contributed by atoms with Crippen LogP contribution in [0.4, 0.5) is 0 Å². The summed E-state index contributed by atoms with van der Waals surface area (Å²) >= 11 is 4.03. The zero-order valence-electron chi connectivity index (χ0n) is 9.89. The van der Waals surface area contributed by atoms with Gasteiger partial charge in [0.1, 0.15) is 0 Å². The van der Waals surface area contributed by atoms with E-state index in [-0.39, 0.29) is 0 Å². The van der Waals surface area contributed by atoms with Crippen molar-refractivity contribution >= 4 is 23.5 Å². The van der Waals surface area contributed by atoms with E-state index in [2.05, 4.69) is 22.4 Å². The molecule has 2 atom stereocenters. The molecular formula is C11H17N3OS2. The van der Waals surface area contributed by atoms with Gasteiger partial charge in [0.15, 0.2) is 5.82 Å². The first-order valence-electron chi connectivity index (χ1n) is 6.16. The molecule has 17 heavy (non-hydrogen) atoms. The minimum absolute atomic E-state index is 0.421. The maximum absolute atomic E-state index is 5.39. The van der Waals surface area contributed by atoms with Gasteiger partial charge in [-0.2, -0.15) is 16.7 Å². The van der Waals surface area contributed by atoms with Crippen LogP contribution >= 0.6 is 23.5 Å². The Bertz CT molecular complexity index is 381. The van der Waals surface area contributed by atoms with Crippen LogP contribution in [-0.2, 0) is 0 Å². The van der Waals surface area contributed by atoms with E-state index in [0.29, 0.717) is 16.4 Å². The lowest BCUT2D eigenvalue weighted by molar-refractivity contribution is 0.306. The van der Waals surface area contributed by atoms with Crippen LogP contribution in [0, 0.1) is 0 Å². The Balaban J connectivity index is 1.75. The van der Waals surface area contributed by atoms with Gasteiger partial charge < -0.3 is 9.84 Å². The number of hydrogen-bond acceptors (Lipinski definition) is 6. The van der Waals surface area contributed by atoms with Crippen molar-refractivity contribution in [1.29, 1.82) is 0 Å². The van der Waals surface area contributed by atoms with Crippen LogP contribution in [0.5, 0.6) is 0 Å². The summed E-state index contributed by atoms with van der Waals surface area (Å²) in [6.07, 6.45) is 1.18. The summed E-state index contributed by atoms with van der Waals surface area (Å²) in [4.78, 5) is 4.60. The van der Waals surface area contributed by atoms with Gasteiger partial charge in [0.25, 0.3) is 0 Å². The maximum atomic E-state index is 5.39. The minimum atomic E-state index is 0.421. The first-order valence-corrected chi connectivity index (χ1v) is 8.25. The second-order valence-electron chi connectivity index (χ2n) is 4.45. The number of hydrogen-bond donors (Lipinski definition) is 1. The van der Waals surface area contributed by atoms with Crippen molar-refractivity contribution in [2.75, 3.05) is 24.6 Å². The second kappa shape index (κ2) is 5.20. The predicted molar refractivity (Wildman–Crippen MR) is 71.6 cm³/mol. The van der Waals surface area contributed by atoms with Crippen LogP contribution in [0.2, 0.25) is 0 Å². The molecule has 0 aromatic carbocycles. The molecule has 2 saturated heterocycles. The Labute approximate surface area is 110 Å². The van der Waals surface area contributed by atoms with Crippen LogP contribution < -0.4 is 5.32 Å². The van der Waals surface area contributed by atoms with Crippen molar-refractivity contribution in [3.8, 4) is 0 Å². The minimum Gasteiger partial charge on any atom is -0.339 e. The second-order valence-corrected chi connectivity index (χ2v) is 7.05. The van der Waals surface area contributed by atoms with Crippen molar-refractivity contribution in [3.05, 3.63) is 11.7 Å². The molecule has 3 rings (SSSR count). The van der Waals surface area contributed by atoms with Crippen LogP contribution in [0.15, 0.2) is 4.52 Å². The SMILES string of the molecule is CCC1SCCSC1c1noc(C2CNC2)n1. The van der Waals surface area contributed by atoms with Crippen LogP contribution in [-0.4, -0.2) is 40.0 Å². The highest BCUT2D eigenvalue weighted by molar-refractivity contribution is 8.06. The van der Waals surface area contributed by atoms with Crippen molar-refractivity contribution in [2.45, 2.75) is 29.8 Å². The summed E-state index contributed by atoms with van der Waals surface area (Å²) in [6, 6.07) is 0. The molecule has 1 aromatic heterocycles. The number of nitrogens with zero attached hydrogens (tertiary/aromatic N) is 2. The lowest BCUT2D eigenvalue weighted by Gasteiger charge is -2.27. The Morgan fingerprint density at radius 2 is 2.18 bits per heavy atom. The largest absolute Gasteiger partial charge is 0.339 e. The molecule has 3 heterocycles. The summed E-state index contributed by atoms with van der Waals surface area (Å²) in [5.74, 6) is 4.62. The molecule has 0 amide bonds. The van der Waals surface area contributed by atoms with Crippen molar-refractivity contribution in [1.82, 2.24) is 15.5 Å². The lowest BCUT2D eigenvalue weighted by Crippen LogP contribution is -2.40. The molecule has 94 valence electrons. The van der Waals surface area contributed by atoms with E-state index in [1.165, 1.54) is 17.9 Å². The first-order chi connectivity index (χ1) is 8.38. The molecule has 6 heteroatoms. The molecule has 1 N–H and O–H groups in total. The molecule has 0 saturated carbocycles. The molecular weight excluding hydrogens is 254 g/mol. The Kier molecular flexibility index (Phi) is 3.63. The van der Waals surface area contributed by atoms with Gasteiger partial charge in [0, 0.05) is 29.8 Å². The third kappa shape index (κ3) is 2.35. The Morgan fingerprint density at radius 1 is 1.35 bits per heavy atom. The lowest BCUT2D eigenvalue weighted by atomic mass is 10.0. The van der Waals surface area contributed by atoms with Gasteiger partial charge in [0.05, 0.1) is 11.2 Å².